The predicted octanol–water partition coefficient (Wildman–Crippen LogP) is 2.43. The quantitative estimate of drug-likeness (QED) is 0.574. The van der Waals surface area contributed by atoms with E-state index in [-0.39, 0.29) is 0 Å². The van der Waals surface area contributed by atoms with Gasteiger partial charge in [-0.3, -0.25) is 9.67 Å². The Bertz CT molecular complexity index is 1080. The van der Waals surface area contributed by atoms with Crippen LogP contribution in [0.2, 0.25) is 0 Å². The normalized spacial score (nSPS) is 11.4. The molecule has 0 aliphatic carbocycles. The zero-order valence-corrected chi connectivity index (χ0v) is 14.1. The summed E-state index contributed by atoms with van der Waals surface area (Å²) in [7, 11) is 1.86. The van der Waals surface area contributed by atoms with Crippen molar-refractivity contribution in [2.24, 2.45) is 7.05 Å². The summed E-state index contributed by atoms with van der Waals surface area (Å²) in [6.07, 6.45) is 6.49. The Hall–Kier alpha value is -3.16. The van der Waals surface area contributed by atoms with Gasteiger partial charge in [0.1, 0.15) is 23.0 Å². The average molecular weight is 337 g/mol. The van der Waals surface area contributed by atoms with Gasteiger partial charge in [-0.1, -0.05) is 0 Å². The third kappa shape index (κ3) is 2.75. The van der Waals surface area contributed by atoms with Crippen LogP contribution in [0.25, 0.3) is 22.6 Å². The van der Waals surface area contributed by atoms with Crippen molar-refractivity contribution in [1.29, 1.82) is 0 Å². The van der Waals surface area contributed by atoms with Crippen molar-refractivity contribution in [1.82, 2.24) is 34.3 Å². The molecule has 7 nitrogen and oxygen atoms in total. The predicted molar refractivity (Wildman–Crippen MR) is 90.3 cm³/mol. The molecule has 0 radical (unpaired) electrons. The summed E-state index contributed by atoms with van der Waals surface area (Å²) in [6.45, 7) is 4.26. The lowest BCUT2D eigenvalue weighted by atomic mass is 10.2. The lowest BCUT2D eigenvalue weighted by molar-refractivity contribution is 0.621. The van der Waals surface area contributed by atoms with Crippen LogP contribution in [-0.2, 0) is 13.6 Å². The molecule has 0 N–H and O–H groups in total. The maximum absolute atomic E-state index is 13.7. The molecule has 0 saturated heterocycles. The molecule has 0 spiro atoms. The van der Waals surface area contributed by atoms with Gasteiger partial charge in [0.2, 0.25) is 0 Å². The average Bonchev–Trinajstić information content (AvgIpc) is 3.12. The molecule has 4 aromatic heterocycles. The Labute approximate surface area is 143 Å². The topological polar surface area (TPSA) is 74.3 Å². The van der Waals surface area contributed by atoms with Crippen LogP contribution < -0.4 is 0 Å². The van der Waals surface area contributed by atoms with Crippen LogP contribution in [0.1, 0.15) is 17.1 Å². The molecule has 0 aliphatic heterocycles. The number of hydrogen-bond acceptors (Lipinski definition) is 5. The molecule has 0 aliphatic rings. The summed E-state index contributed by atoms with van der Waals surface area (Å²) in [4.78, 5) is 17.6. The van der Waals surface area contributed by atoms with E-state index in [4.69, 9.17) is 0 Å². The van der Waals surface area contributed by atoms with Gasteiger partial charge >= 0.3 is 0 Å². The van der Waals surface area contributed by atoms with Crippen LogP contribution in [0.4, 0.5) is 4.39 Å². The van der Waals surface area contributed by atoms with Crippen molar-refractivity contribution < 1.29 is 4.39 Å². The Morgan fingerprint density at radius 2 is 1.92 bits per heavy atom. The van der Waals surface area contributed by atoms with Crippen LogP contribution in [0.5, 0.6) is 0 Å². The number of imidazole rings is 1. The SMILES string of the molecule is Cc1nc(C)c2nc(-c3cncc(F)c3)n(Cc3cnn(C)c3)c2n1. The maximum atomic E-state index is 13.7. The fraction of sp³-hybridized carbons (Fsp3) is 0.235. The summed E-state index contributed by atoms with van der Waals surface area (Å²) in [6, 6.07) is 1.42. The van der Waals surface area contributed by atoms with Crippen LogP contribution in [0.3, 0.4) is 0 Å². The van der Waals surface area contributed by atoms with Crippen LogP contribution >= 0.6 is 0 Å². The summed E-state index contributed by atoms with van der Waals surface area (Å²) in [5.41, 5.74) is 3.81. The monoisotopic (exact) mass is 337 g/mol. The van der Waals surface area contributed by atoms with E-state index < -0.39 is 5.82 Å². The number of hydrogen-bond donors (Lipinski definition) is 0. The van der Waals surface area contributed by atoms with Gasteiger partial charge < -0.3 is 4.57 Å². The van der Waals surface area contributed by atoms with E-state index in [1.54, 1.807) is 17.1 Å². The second-order valence-electron chi connectivity index (χ2n) is 5.96. The molecule has 25 heavy (non-hydrogen) atoms. The third-order valence-corrected chi connectivity index (χ3v) is 3.94. The van der Waals surface area contributed by atoms with Crippen molar-refractivity contribution in [3.63, 3.8) is 0 Å². The molecular formula is C17H16FN7. The summed E-state index contributed by atoms with van der Waals surface area (Å²) in [5, 5.41) is 4.21. The van der Waals surface area contributed by atoms with Gasteiger partial charge in [0, 0.05) is 30.6 Å². The minimum absolute atomic E-state index is 0.406. The summed E-state index contributed by atoms with van der Waals surface area (Å²) >= 11 is 0. The number of nitrogens with zero attached hydrogens (tertiary/aromatic N) is 7. The standard InChI is InChI=1S/C17H16FN7/c1-10-15-17(22-11(2)21-10)25(9-12-5-20-24(3)8-12)16(23-15)13-4-14(18)7-19-6-13/h4-8H,9H2,1-3H3. The largest absolute Gasteiger partial charge is 0.304 e. The molecule has 0 atom stereocenters. The molecule has 0 aromatic carbocycles. The van der Waals surface area contributed by atoms with E-state index in [0.29, 0.717) is 34.9 Å². The molecule has 8 heteroatoms. The molecule has 4 aromatic rings. The smallest absolute Gasteiger partial charge is 0.164 e. The summed E-state index contributed by atoms with van der Waals surface area (Å²) < 4.78 is 17.4. The van der Waals surface area contributed by atoms with E-state index >= 15 is 0 Å². The zero-order valence-electron chi connectivity index (χ0n) is 14.1. The number of halogens is 1. The number of fused-ring (bicyclic) bond motifs is 1. The lowest BCUT2D eigenvalue weighted by Gasteiger charge is -2.07. The van der Waals surface area contributed by atoms with Gasteiger partial charge in [-0.15, -0.1) is 0 Å². The molecule has 0 amide bonds. The number of aromatic nitrogens is 7. The minimum Gasteiger partial charge on any atom is -0.304 e. The van der Waals surface area contributed by atoms with Gasteiger partial charge in [0.05, 0.1) is 24.6 Å². The minimum atomic E-state index is -0.406. The first kappa shape index (κ1) is 15.4. The van der Waals surface area contributed by atoms with Gasteiger partial charge in [-0.25, -0.2) is 19.3 Å². The van der Waals surface area contributed by atoms with Crippen molar-refractivity contribution >= 4 is 11.2 Å². The van der Waals surface area contributed by atoms with E-state index in [1.807, 2.05) is 31.7 Å². The fourth-order valence-corrected chi connectivity index (χ4v) is 2.91. The van der Waals surface area contributed by atoms with Gasteiger partial charge in [-0.05, 0) is 19.9 Å². The van der Waals surface area contributed by atoms with Crippen LogP contribution in [0, 0.1) is 19.7 Å². The van der Waals surface area contributed by atoms with E-state index in [9.17, 15) is 4.39 Å². The second-order valence-corrected chi connectivity index (χ2v) is 5.96. The van der Waals surface area contributed by atoms with Crippen molar-refractivity contribution in [2.45, 2.75) is 20.4 Å². The fourth-order valence-electron chi connectivity index (χ4n) is 2.91. The summed E-state index contributed by atoms with van der Waals surface area (Å²) in [5.74, 6) is 0.867. The number of pyridine rings is 1. The number of rotatable bonds is 3. The molecule has 0 unspecified atom stereocenters. The zero-order chi connectivity index (χ0) is 17.6. The van der Waals surface area contributed by atoms with Gasteiger partial charge in [-0.2, -0.15) is 5.10 Å². The second kappa shape index (κ2) is 5.73. The third-order valence-electron chi connectivity index (χ3n) is 3.94. The molecule has 126 valence electrons. The molecule has 4 heterocycles. The van der Waals surface area contributed by atoms with Crippen molar-refractivity contribution in [3.05, 3.63) is 53.8 Å². The molecule has 4 rings (SSSR count). The number of aryl methyl sites for hydroxylation is 3. The maximum Gasteiger partial charge on any atom is 0.164 e. The Kier molecular flexibility index (Phi) is 3.52. The molecule has 0 fully saturated rings. The van der Waals surface area contributed by atoms with E-state index in [1.165, 1.54) is 12.3 Å². The molecule has 0 bridgehead atoms. The van der Waals surface area contributed by atoms with Crippen molar-refractivity contribution in [3.8, 4) is 11.4 Å². The highest BCUT2D eigenvalue weighted by Crippen LogP contribution is 2.26. The Morgan fingerprint density at radius 1 is 1.08 bits per heavy atom. The molecule has 0 saturated carbocycles. The van der Waals surface area contributed by atoms with Gasteiger partial charge in [0.25, 0.3) is 0 Å². The highest BCUT2D eigenvalue weighted by Gasteiger charge is 2.18. The first-order valence-electron chi connectivity index (χ1n) is 7.81. The Balaban J connectivity index is 1.97. The van der Waals surface area contributed by atoms with Crippen molar-refractivity contribution in [2.75, 3.05) is 0 Å². The van der Waals surface area contributed by atoms with E-state index in [2.05, 4.69) is 25.0 Å². The van der Waals surface area contributed by atoms with Gasteiger partial charge in [0.15, 0.2) is 5.65 Å². The highest BCUT2D eigenvalue weighted by atomic mass is 19.1. The first-order chi connectivity index (χ1) is 12.0. The lowest BCUT2D eigenvalue weighted by Crippen LogP contribution is -2.04. The van der Waals surface area contributed by atoms with Crippen LogP contribution in [-0.4, -0.2) is 34.3 Å². The Morgan fingerprint density at radius 3 is 2.64 bits per heavy atom. The van der Waals surface area contributed by atoms with E-state index in [0.717, 1.165) is 11.3 Å². The first-order valence-corrected chi connectivity index (χ1v) is 7.81. The highest BCUT2D eigenvalue weighted by molar-refractivity contribution is 5.79. The van der Waals surface area contributed by atoms with Crippen LogP contribution in [0.15, 0.2) is 30.9 Å². The molecular weight excluding hydrogens is 321 g/mol.